The van der Waals surface area contributed by atoms with Gasteiger partial charge in [0.2, 0.25) is 19.1 Å². The first-order chi connectivity index (χ1) is 21.8. The van der Waals surface area contributed by atoms with Gasteiger partial charge in [0.25, 0.3) is 0 Å². The average Bonchev–Trinajstić information content (AvgIpc) is 3.86. The van der Waals surface area contributed by atoms with Gasteiger partial charge in [-0.25, -0.2) is 21.6 Å². The summed E-state index contributed by atoms with van der Waals surface area (Å²) in [6.07, 6.45) is 18.7. The van der Waals surface area contributed by atoms with Gasteiger partial charge in [0.05, 0.1) is 11.5 Å². The molecular weight excluding hydrogens is 656 g/mol. The lowest BCUT2D eigenvalue weighted by atomic mass is 9.70. The SMILES string of the molecule is CC1(C)C2CCC1(CS(=O)(=O)Cl)C(=O)C2.CC1(C)C2CCC1(CS(=O)(=O)NCC1CC3C=CC1C3)C(=O)C2.NCC1CC2C=CC1C2. The lowest BCUT2D eigenvalue weighted by molar-refractivity contribution is -0.128. The second-order valence-electron chi connectivity index (χ2n) is 17.4. The molecule has 3 N–H and O–H groups in total. The maximum absolute atomic E-state index is 12.7. The van der Waals surface area contributed by atoms with E-state index in [1.165, 1.54) is 19.3 Å². The molecule has 8 nitrogen and oxygen atoms in total. The van der Waals surface area contributed by atoms with E-state index in [-0.39, 0.29) is 33.9 Å². The molecule has 10 unspecified atom stereocenters. The molecule has 0 radical (unpaired) electrons. The Labute approximate surface area is 287 Å². The van der Waals surface area contributed by atoms with Gasteiger partial charge in [-0.2, -0.15) is 0 Å². The van der Waals surface area contributed by atoms with E-state index < -0.39 is 29.9 Å². The topological polar surface area (TPSA) is 140 Å². The molecule has 47 heavy (non-hydrogen) atoms. The number of hydrogen-bond acceptors (Lipinski definition) is 7. The summed E-state index contributed by atoms with van der Waals surface area (Å²) in [7, 11) is -1.70. The van der Waals surface area contributed by atoms with Crippen molar-refractivity contribution >= 4 is 41.3 Å². The maximum Gasteiger partial charge on any atom is 0.233 e. The first-order valence-electron chi connectivity index (χ1n) is 17.9. The van der Waals surface area contributed by atoms with Crippen molar-refractivity contribution in [1.29, 1.82) is 0 Å². The number of nitrogens with two attached hydrogens (primary N) is 1. The lowest BCUT2D eigenvalue weighted by Gasteiger charge is -2.36. The molecule has 0 saturated heterocycles. The molecule has 0 aromatic carbocycles. The first-order valence-corrected chi connectivity index (χ1v) is 22.0. The monoisotopic (exact) mass is 710 g/mol. The van der Waals surface area contributed by atoms with Gasteiger partial charge in [0.1, 0.15) is 11.6 Å². The standard InChI is InChI=1S/C18H27NO3S.C10H15ClO3S.C8H13N/c1-17(2)15-5-6-18(17,16(20)9-15)11-23(21,22)19-10-14-8-12-3-4-13(14)7-12;1-9(2)7-3-4-10(9,8(12)5-7)6-15(11,13)14;9-5-8-4-6-1-2-7(8)3-6/h3-4,12-15,19H,5-11H2,1-2H3;7H,3-6H2,1-2H3;1-2,6-8H,3-5,9H2. The van der Waals surface area contributed by atoms with Crippen molar-refractivity contribution in [3.63, 3.8) is 0 Å². The minimum Gasteiger partial charge on any atom is -0.330 e. The number of carbonyl (C=O) groups is 2. The number of nitrogens with one attached hydrogen (secondary N) is 1. The van der Waals surface area contributed by atoms with E-state index in [9.17, 15) is 26.4 Å². The second kappa shape index (κ2) is 12.3. The summed E-state index contributed by atoms with van der Waals surface area (Å²) in [6.45, 7) is 9.60. The number of halogens is 1. The highest BCUT2D eigenvalue weighted by Gasteiger charge is 2.66. The van der Waals surface area contributed by atoms with E-state index in [4.69, 9.17) is 16.4 Å². The summed E-state index contributed by atoms with van der Waals surface area (Å²) in [5.41, 5.74) is 3.82. The summed E-state index contributed by atoms with van der Waals surface area (Å²) in [5.74, 6) is 4.94. The predicted octanol–water partition coefficient (Wildman–Crippen LogP) is 5.62. The first kappa shape index (κ1) is 35.7. The Morgan fingerprint density at radius 3 is 1.53 bits per heavy atom. The number of rotatable bonds is 8. The molecule has 0 spiro atoms. The summed E-state index contributed by atoms with van der Waals surface area (Å²) in [4.78, 5) is 24.4. The van der Waals surface area contributed by atoms with Gasteiger partial charge in [-0.15, -0.1) is 0 Å². The third-order valence-electron chi connectivity index (χ3n) is 14.8. The second-order valence-corrected chi connectivity index (χ2v) is 22.0. The van der Waals surface area contributed by atoms with Gasteiger partial charge >= 0.3 is 0 Å². The van der Waals surface area contributed by atoms with Crippen LogP contribution in [0.3, 0.4) is 0 Å². The van der Waals surface area contributed by atoms with Crippen LogP contribution in [0.1, 0.15) is 91.9 Å². The third kappa shape index (κ3) is 6.27. The summed E-state index contributed by atoms with van der Waals surface area (Å²) in [5, 5.41) is 0. The van der Waals surface area contributed by atoms with Crippen LogP contribution in [0.15, 0.2) is 24.3 Å². The number of sulfonamides is 1. The van der Waals surface area contributed by atoms with Crippen LogP contribution in [0, 0.1) is 69.0 Å². The van der Waals surface area contributed by atoms with Crippen LogP contribution in [-0.2, 0) is 28.7 Å². The highest BCUT2D eigenvalue weighted by atomic mass is 35.7. The molecule has 6 fully saturated rings. The van der Waals surface area contributed by atoms with Crippen molar-refractivity contribution in [2.45, 2.75) is 91.9 Å². The molecule has 6 saturated carbocycles. The van der Waals surface area contributed by atoms with E-state index in [1.807, 2.05) is 13.8 Å². The van der Waals surface area contributed by atoms with Crippen LogP contribution in [0.2, 0.25) is 0 Å². The van der Waals surface area contributed by atoms with Crippen LogP contribution >= 0.6 is 10.7 Å². The highest BCUT2D eigenvalue weighted by Crippen LogP contribution is 2.65. The van der Waals surface area contributed by atoms with E-state index >= 15 is 0 Å². The molecule has 8 aliphatic carbocycles. The van der Waals surface area contributed by atoms with Crippen molar-refractivity contribution in [2.75, 3.05) is 24.6 Å². The molecule has 0 aliphatic heterocycles. The van der Waals surface area contributed by atoms with Crippen molar-refractivity contribution in [3.05, 3.63) is 24.3 Å². The quantitative estimate of drug-likeness (QED) is 0.246. The number of fused-ring (bicyclic) bond motifs is 8. The third-order valence-corrected chi connectivity index (χ3v) is 17.5. The zero-order chi connectivity index (χ0) is 34.2. The van der Waals surface area contributed by atoms with Gasteiger partial charge < -0.3 is 5.73 Å². The molecule has 0 amide bonds. The fraction of sp³-hybridized carbons (Fsp3) is 0.833. The molecule has 8 aliphatic rings. The number of allylic oxidation sites excluding steroid dienone is 4. The molecule has 0 aromatic rings. The summed E-state index contributed by atoms with van der Waals surface area (Å²) in [6, 6.07) is 0. The van der Waals surface area contributed by atoms with Crippen molar-refractivity contribution in [3.8, 4) is 0 Å². The number of carbonyl (C=O) groups excluding carboxylic acids is 2. The fourth-order valence-electron chi connectivity index (χ4n) is 11.4. The largest absolute Gasteiger partial charge is 0.330 e. The van der Waals surface area contributed by atoms with Crippen LogP contribution in [-0.4, -0.2) is 53.0 Å². The lowest BCUT2D eigenvalue weighted by Crippen LogP contribution is -2.46. The fourth-order valence-corrected chi connectivity index (χ4v) is 15.1. The summed E-state index contributed by atoms with van der Waals surface area (Å²) < 4.78 is 50.6. The van der Waals surface area contributed by atoms with E-state index in [0.29, 0.717) is 55.4 Å². The van der Waals surface area contributed by atoms with E-state index in [2.05, 4.69) is 42.9 Å². The minimum atomic E-state index is -3.60. The van der Waals surface area contributed by atoms with Crippen LogP contribution in [0.25, 0.3) is 0 Å². The Hall–Kier alpha value is -1.07. The molecule has 0 heterocycles. The molecular formula is C36H55ClN2O6S2. The molecule has 8 rings (SSSR count). The maximum atomic E-state index is 12.7. The highest BCUT2D eigenvalue weighted by molar-refractivity contribution is 8.13. The Kier molecular flexibility index (Phi) is 9.36. The Morgan fingerprint density at radius 2 is 1.21 bits per heavy atom. The van der Waals surface area contributed by atoms with Crippen LogP contribution < -0.4 is 10.5 Å². The normalized spacial score (nSPS) is 42.6. The smallest absolute Gasteiger partial charge is 0.233 e. The number of hydrogen-bond donors (Lipinski definition) is 2. The Bertz CT molecular complexity index is 1550. The van der Waals surface area contributed by atoms with Crippen molar-refractivity contribution in [1.82, 2.24) is 4.72 Å². The zero-order valence-corrected chi connectivity index (χ0v) is 30.9. The minimum absolute atomic E-state index is 0.0149. The Morgan fingerprint density at radius 1 is 0.745 bits per heavy atom. The van der Waals surface area contributed by atoms with Gasteiger partial charge in [-0.3, -0.25) is 9.59 Å². The van der Waals surface area contributed by atoms with Crippen molar-refractivity contribution < 1.29 is 26.4 Å². The predicted molar refractivity (Wildman–Crippen MR) is 185 cm³/mol. The van der Waals surface area contributed by atoms with Gasteiger partial charge in [0, 0.05) is 40.9 Å². The van der Waals surface area contributed by atoms with Crippen LogP contribution in [0.5, 0.6) is 0 Å². The Balaban J connectivity index is 0.000000137. The molecule has 0 aromatic heterocycles. The van der Waals surface area contributed by atoms with Gasteiger partial charge in [-0.1, -0.05) is 52.0 Å². The molecule has 11 heteroatoms. The van der Waals surface area contributed by atoms with Crippen LogP contribution in [0.4, 0.5) is 0 Å². The van der Waals surface area contributed by atoms with E-state index in [1.54, 1.807) is 0 Å². The molecule has 264 valence electrons. The molecule has 10 atom stereocenters. The number of Topliss-reactive ketones (excluding diaryl/α,β-unsaturated/α-hetero) is 2. The summed E-state index contributed by atoms with van der Waals surface area (Å²) >= 11 is 0. The van der Waals surface area contributed by atoms with E-state index in [0.717, 1.165) is 50.0 Å². The average molecular weight is 711 g/mol. The zero-order valence-electron chi connectivity index (χ0n) is 28.5. The van der Waals surface area contributed by atoms with Crippen molar-refractivity contribution in [2.24, 2.45) is 74.7 Å². The number of ketones is 2. The van der Waals surface area contributed by atoms with Gasteiger partial charge in [0.15, 0.2) is 0 Å². The van der Waals surface area contributed by atoms with Gasteiger partial charge in [-0.05, 0) is 116 Å². The molecule has 8 bridgehead atoms.